The summed E-state index contributed by atoms with van der Waals surface area (Å²) in [6.07, 6.45) is 2.05. The molecule has 1 saturated heterocycles. The molecule has 0 radical (unpaired) electrons. The van der Waals surface area contributed by atoms with Gasteiger partial charge in [0, 0.05) is 19.8 Å². The van der Waals surface area contributed by atoms with E-state index in [1.807, 2.05) is 17.5 Å². The van der Waals surface area contributed by atoms with E-state index in [0.29, 0.717) is 0 Å². The Kier molecular flexibility index (Phi) is 3.61. The number of hydrogen-bond donors (Lipinski definition) is 1. The summed E-state index contributed by atoms with van der Waals surface area (Å²) in [5.41, 5.74) is 0.200. The first kappa shape index (κ1) is 11.6. The van der Waals surface area contributed by atoms with Gasteiger partial charge in [-0.1, -0.05) is 13.0 Å². The molecule has 0 aliphatic carbocycles. The van der Waals surface area contributed by atoms with Crippen molar-refractivity contribution in [3.63, 3.8) is 0 Å². The van der Waals surface area contributed by atoms with E-state index >= 15 is 0 Å². The minimum absolute atomic E-state index is 0.0442. The fourth-order valence-corrected chi connectivity index (χ4v) is 2.47. The second-order valence-corrected chi connectivity index (χ2v) is 5.53. The van der Waals surface area contributed by atoms with Crippen LogP contribution in [0.3, 0.4) is 0 Å². The number of hydrogen-bond acceptors (Lipinski definition) is 3. The summed E-state index contributed by atoms with van der Waals surface area (Å²) < 4.78 is 5.33. The second-order valence-electron chi connectivity index (χ2n) is 4.58. The van der Waals surface area contributed by atoms with Gasteiger partial charge in [-0.2, -0.15) is 0 Å². The molecule has 1 aliphatic heterocycles. The molecule has 4 heteroatoms. The van der Waals surface area contributed by atoms with Crippen LogP contribution in [0.5, 0.6) is 0 Å². The molecule has 1 aromatic heterocycles. The highest BCUT2D eigenvalue weighted by Crippen LogP contribution is 2.28. The summed E-state index contributed by atoms with van der Waals surface area (Å²) in [4.78, 5) is 12.5. The van der Waals surface area contributed by atoms with E-state index in [1.54, 1.807) is 0 Å². The SMILES string of the molecule is CC1(CNC(=O)c2cccs2)CCOCC1. The molecule has 16 heavy (non-hydrogen) atoms. The van der Waals surface area contributed by atoms with E-state index in [0.717, 1.165) is 37.5 Å². The van der Waals surface area contributed by atoms with Crippen LogP contribution in [0.2, 0.25) is 0 Å². The average molecular weight is 239 g/mol. The molecular weight excluding hydrogens is 222 g/mol. The third kappa shape index (κ3) is 2.83. The van der Waals surface area contributed by atoms with Gasteiger partial charge in [0.15, 0.2) is 0 Å². The minimum Gasteiger partial charge on any atom is -0.381 e. The maximum absolute atomic E-state index is 11.8. The Morgan fingerprint density at radius 3 is 2.94 bits per heavy atom. The smallest absolute Gasteiger partial charge is 0.261 e. The highest BCUT2D eigenvalue weighted by atomic mass is 32.1. The maximum Gasteiger partial charge on any atom is 0.261 e. The molecule has 0 bridgehead atoms. The van der Waals surface area contributed by atoms with Gasteiger partial charge in [0.25, 0.3) is 5.91 Å². The Morgan fingerprint density at radius 2 is 2.31 bits per heavy atom. The lowest BCUT2D eigenvalue weighted by Crippen LogP contribution is -2.39. The van der Waals surface area contributed by atoms with Crippen LogP contribution >= 0.6 is 11.3 Å². The topological polar surface area (TPSA) is 38.3 Å². The average Bonchev–Trinajstić information content (AvgIpc) is 2.80. The van der Waals surface area contributed by atoms with Crippen LogP contribution in [0.1, 0.15) is 29.4 Å². The van der Waals surface area contributed by atoms with Crippen LogP contribution in [0.15, 0.2) is 17.5 Å². The lowest BCUT2D eigenvalue weighted by Gasteiger charge is -2.33. The predicted octanol–water partition coefficient (Wildman–Crippen LogP) is 2.29. The normalized spacial score (nSPS) is 19.3. The Morgan fingerprint density at radius 1 is 1.56 bits per heavy atom. The zero-order valence-electron chi connectivity index (χ0n) is 9.49. The Hall–Kier alpha value is -0.870. The fourth-order valence-electron chi connectivity index (χ4n) is 1.83. The van der Waals surface area contributed by atoms with Crippen LogP contribution in [-0.4, -0.2) is 25.7 Å². The molecule has 0 aromatic carbocycles. The van der Waals surface area contributed by atoms with E-state index in [4.69, 9.17) is 4.74 Å². The van der Waals surface area contributed by atoms with Crippen LogP contribution in [-0.2, 0) is 4.74 Å². The van der Waals surface area contributed by atoms with Crippen molar-refractivity contribution in [2.45, 2.75) is 19.8 Å². The van der Waals surface area contributed by atoms with E-state index in [2.05, 4.69) is 12.2 Å². The summed E-state index contributed by atoms with van der Waals surface area (Å²) in [5, 5.41) is 4.93. The van der Waals surface area contributed by atoms with Crippen molar-refractivity contribution in [1.82, 2.24) is 5.32 Å². The number of thiophene rings is 1. The van der Waals surface area contributed by atoms with Gasteiger partial charge in [-0.25, -0.2) is 0 Å². The van der Waals surface area contributed by atoms with Crippen LogP contribution in [0, 0.1) is 5.41 Å². The molecule has 2 heterocycles. The molecule has 88 valence electrons. The Labute approximate surface area is 99.8 Å². The first-order valence-electron chi connectivity index (χ1n) is 5.59. The monoisotopic (exact) mass is 239 g/mol. The summed E-state index contributed by atoms with van der Waals surface area (Å²) in [6.45, 7) is 4.58. The molecule has 0 atom stereocenters. The molecule has 1 N–H and O–H groups in total. The van der Waals surface area contributed by atoms with E-state index in [-0.39, 0.29) is 11.3 Å². The molecule has 1 fully saturated rings. The molecular formula is C12H17NO2S. The van der Waals surface area contributed by atoms with E-state index < -0.39 is 0 Å². The minimum atomic E-state index is 0.0442. The van der Waals surface area contributed by atoms with Crippen molar-refractivity contribution >= 4 is 17.2 Å². The molecule has 0 spiro atoms. The molecule has 1 aromatic rings. The first-order chi connectivity index (χ1) is 7.70. The lowest BCUT2D eigenvalue weighted by molar-refractivity contribution is 0.0239. The third-order valence-electron chi connectivity index (χ3n) is 3.12. The van der Waals surface area contributed by atoms with Crippen molar-refractivity contribution in [3.05, 3.63) is 22.4 Å². The number of carbonyl (C=O) groups excluding carboxylic acids is 1. The van der Waals surface area contributed by atoms with Gasteiger partial charge in [0.1, 0.15) is 0 Å². The molecule has 1 aliphatic rings. The van der Waals surface area contributed by atoms with Gasteiger partial charge in [-0.15, -0.1) is 11.3 Å². The van der Waals surface area contributed by atoms with Gasteiger partial charge in [-0.05, 0) is 29.7 Å². The Balaban J connectivity index is 1.84. The Bertz CT molecular complexity index is 342. The number of amides is 1. The highest BCUT2D eigenvalue weighted by Gasteiger charge is 2.27. The zero-order valence-corrected chi connectivity index (χ0v) is 10.3. The van der Waals surface area contributed by atoms with Crippen molar-refractivity contribution in [2.75, 3.05) is 19.8 Å². The summed E-state index contributed by atoms with van der Waals surface area (Å²) in [5.74, 6) is 0.0442. The van der Waals surface area contributed by atoms with Gasteiger partial charge in [-0.3, -0.25) is 4.79 Å². The maximum atomic E-state index is 11.8. The van der Waals surface area contributed by atoms with Gasteiger partial charge in [0.05, 0.1) is 4.88 Å². The molecule has 3 nitrogen and oxygen atoms in total. The first-order valence-corrected chi connectivity index (χ1v) is 6.47. The standard InChI is InChI=1S/C12H17NO2S/c1-12(4-6-15-7-5-12)9-13-11(14)10-3-2-8-16-10/h2-3,8H,4-7,9H2,1H3,(H,13,14). The van der Waals surface area contributed by atoms with Crippen molar-refractivity contribution in [1.29, 1.82) is 0 Å². The summed E-state index contributed by atoms with van der Waals surface area (Å²) in [7, 11) is 0. The van der Waals surface area contributed by atoms with Gasteiger partial charge in [0.2, 0.25) is 0 Å². The van der Waals surface area contributed by atoms with Crippen molar-refractivity contribution < 1.29 is 9.53 Å². The third-order valence-corrected chi connectivity index (χ3v) is 3.99. The largest absolute Gasteiger partial charge is 0.381 e. The van der Waals surface area contributed by atoms with E-state index in [9.17, 15) is 4.79 Å². The number of ether oxygens (including phenoxy) is 1. The molecule has 2 rings (SSSR count). The number of nitrogens with one attached hydrogen (secondary N) is 1. The molecule has 0 saturated carbocycles. The quantitative estimate of drug-likeness (QED) is 0.879. The van der Waals surface area contributed by atoms with Gasteiger partial charge >= 0.3 is 0 Å². The zero-order chi connectivity index (χ0) is 11.4. The highest BCUT2D eigenvalue weighted by molar-refractivity contribution is 7.12. The van der Waals surface area contributed by atoms with Crippen LogP contribution in [0.4, 0.5) is 0 Å². The van der Waals surface area contributed by atoms with Crippen molar-refractivity contribution in [2.24, 2.45) is 5.41 Å². The van der Waals surface area contributed by atoms with Crippen LogP contribution < -0.4 is 5.32 Å². The molecule has 0 unspecified atom stereocenters. The number of rotatable bonds is 3. The van der Waals surface area contributed by atoms with E-state index in [1.165, 1.54) is 11.3 Å². The molecule has 1 amide bonds. The lowest BCUT2D eigenvalue weighted by atomic mass is 9.82. The number of carbonyl (C=O) groups is 1. The summed E-state index contributed by atoms with van der Waals surface area (Å²) >= 11 is 1.48. The fraction of sp³-hybridized carbons (Fsp3) is 0.583. The second kappa shape index (κ2) is 4.97. The van der Waals surface area contributed by atoms with Gasteiger partial charge < -0.3 is 10.1 Å². The predicted molar refractivity (Wildman–Crippen MR) is 64.8 cm³/mol. The van der Waals surface area contributed by atoms with Crippen LogP contribution in [0.25, 0.3) is 0 Å². The van der Waals surface area contributed by atoms with Crippen molar-refractivity contribution in [3.8, 4) is 0 Å². The summed E-state index contributed by atoms with van der Waals surface area (Å²) in [6, 6.07) is 3.75.